The second-order valence-electron chi connectivity index (χ2n) is 4.15. The van der Waals surface area contributed by atoms with Crippen LogP contribution in [0.4, 0.5) is 5.69 Å². The third-order valence-electron chi connectivity index (χ3n) is 2.63. The van der Waals surface area contributed by atoms with Crippen LogP contribution < -0.4 is 5.32 Å². The van der Waals surface area contributed by atoms with Crippen LogP contribution in [-0.4, -0.2) is 26.3 Å². The zero-order chi connectivity index (χ0) is 13.8. The fraction of sp³-hybridized carbons (Fsp3) is 0.231. The molecule has 0 bridgehead atoms. The maximum Gasteiger partial charge on any atom is 0.339 e. The lowest BCUT2D eigenvalue weighted by Gasteiger charge is -2.11. The van der Waals surface area contributed by atoms with Crippen molar-refractivity contribution in [3.8, 4) is 0 Å². The minimum Gasteiger partial charge on any atom is -0.478 e. The Kier molecular flexibility index (Phi) is 3.70. The van der Waals surface area contributed by atoms with Gasteiger partial charge in [-0.3, -0.25) is 4.98 Å². The molecule has 0 aromatic carbocycles. The number of nitrogens with one attached hydrogen (secondary N) is 1. The van der Waals surface area contributed by atoms with E-state index in [0.717, 1.165) is 11.4 Å². The third kappa shape index (κ3) is 3.04. The molecular weight excluding hydrogens is 244 g/mol. The predicted molar refractivity (Wildman–Crippen MR) is 70.0 cm³/mol. The van der Waals surface area contributed by atoms with Crippen molar-refractivity contribution in [2.75, 3.05) is 5.32 Å². The number of pyridine rings is 1. The fourth-order valence-corrected chi connectivity index (χ4v) is 1.85. The first-order valence-corrected chi connectivity index (χ1v) is 5.80. The smallest absolute Gasteiger partial charge is 0.339 e. The summed E-state index contributed by atoms with van der Waals surface area (Å²) in [4.78, 5) is 15.4. The Morgan fingerprint density at radius 1 is 1.42 bits per heavy atom. The normalized spacial score (nSPS) is 10.2. The van der Waals surface area contributed by atoms with Crippen molar-refractivity contribution in [3.05, 3.63) is 47.0 Å². The van der Waals surface area contributed by atoms with Gasteiger partial charge in [0.25, 0.3) is 0 Å². The first-order valence-electron chi connectivity index (χ1n) is 5.80. The summed E-state index contributed by atoms with van der Waals surface area (Å²) < 4.78 is 0. The molecule has 0 aliphatic rings. The molecule has 0 unspecified atom stereocenters. The van der Waals surface area contributed by atoms with Gasteiger partial charge in [-0.05, 0) is 32.0 Å². The lowest BCUT2D eigenvalue weighted by molar-refractivity contribution is 0.0696. The summed E-state index contributed by atoms with van der Waals surface area (Å²) >= 11 is 0. The molecule has 2 aromatic heterocycles. The molecule has 6 nitrogen and oxygen atoms in total. The van der Waals surface area contributed by atoms with Crippen LogP contribution in [0.1, 0.15) is 27.4 Å². The summed E-state index contributed by atoms with van der Waals surface area (Å²) in [6, 6.07) is 5.32. The van der Waals surface area contributed by atoms with Gasteiger partial charge in [0.15, 0.2) is 0 Å². The molecule has 6 heteroatoms. The van der Waals surface area contributed by atoms with Gasteiger partial charge in [-0.1, -0.05) is 0 Å². The molecule has 2 heterocycles. The Balaban J connectivity index is 2.27. The Labute approximate surface area is 110 Å². The van der Waals surface area contributed by atoms with Crippen LogP contribution in [0.5, 0.6) is 0 Å². The SMILES string of the molecule is Cc1cc(NCc2cccnn2)c(C(=O)O)c(C)n1. The Morgan fingerprint density at radius 2 is 2.21 bits per heavy atom. The van der Waals surface area contributed by atoms with Gasteiger partial charge in [-0.25, -0.2) is 4.79 Å². The van der Waals surface area contributed by atoms with E-state index in [-0.39, 0.29) is 5.56 Å². The standard InChI is InChI=1S/C13H14N4O2/c1-8-6-11(12(13(18)19)9(2)16-8)14-7-10-4-3-5-15-17-10/h3-6H,7H2,1-2H3,(H,14,16)(H,18,19). The summed E-state index contributed by atoms with van der Waals surface area (Å²) in [5.74, 6) is -0.994. The molecule has 2 rings (SSSR count). The van der Waals surface area contributed by atoms with Crippen molar-refractivity contribution in [2.45, 2.75) is 20.4 Å². The zero-order valence-corrected chi connectivity index (χ0v) is 10.7. The van der Waals surface area contributed by atoms with Crippen molar-refractivity contribution < 1.29 is 9.90 Å². The van der Waals surface area contributed by atoms with Crippen LogP contribution in [0, 0.1) is 13.8 Å². The van der Waals surface area contributed by atoms with Gasteiger partial charge in [0, 0.05) is 11.9 Å². The Hall–Kier alpha value is -2.50. The van der Waals surface area contributed by atoms with Crippen molar-refractivity contribution in [1.29, 1.82) is 0 Å². The molecule has 0 aliphatic heterocycles. The van der Waals surface area contributed by atoms with E-state index in [1.165, 1.54) is 0 Å². The number of carboxylic acids is 1. The van der Waals surface area contributed by atoms with Crippen LogP contribution in [0.2, 0.25) is 0 Å². The number of aromatic nitrogens is 3. The second kappa shape index (κ2) is 5.43. The van der Waals surface area contributed by atoms with E-state index in [1.807, 2.05) is 13.0 Å². The molecule has 0 aliphatic carbocycles. The van der Waals surface area contributed by atoms with Gasteiger partial charge < -0.3 is 10.4 Å². The molecule has 19 heavy (non-hydrogen) atoms. The van der Waals surface area contributed by atoms with Gasteiger partial charge in [0.2, 0.25) is 0 Å². The van der Waals surface area contributed by atoms with Crippen molar-refractivity contribution >= 4 is 11.7 Å². The van der Waals surface area contributed by atoms with Crippen LogP contribution in [0.3, 0.4) is 0 Å². The number of aromatic carboxylic acids is 1. The molecule has 0 spiro atoms. The van der Waals surface area contributed by atoms with E-state index < -0.39 is 5.97 Å². The van der Waals surface area contributed by atoms with E-state index in [9.17, 15) is 9.90 Å². The highest BCUT2D eigenvalue weighted by atomic mass is 16.4. The first-order chi connectivity index (χ1) is 9.08. The van der Waals surface area contributed by atoms with Gasteiger partial charge in [0.1, 0.15) is 5.56 Å². The summed E-state index contributed by atoms with van der Waals surface area (Å²) in [5.41, 5.74) is 2.74. The largest absolute Gasteiger partial charge is 0.478 e. The number of hydrogen-bond acceptors (Lipinski definition) is 5. The maximum atomic E-state index is 11.3. The third-order valence-corrected chi connectivity index (χ3v) is 2.63. The molecule has 0 saturated heterocycles. The minimum absolute atomic E-state index is 0.189. The lowest BCUT2D eigenvalue weighted by Crippen LogP contribution is -2.11. The molecule has 2 aromatic rings. The minimum atomic E-state index is -0.994. The van der Waals surface area contributed by atoms with Crippen molar-refractivity contribution in [2.24, 2.45) is 0 Å². The van der Waals surface area contributed by atoms with Crippen LogP contribution in [-0.2, 0) is 6.54 Å². The van der Waals surface area contributed by atoms with Crippen LogP contribution >= 0.6 is 0 Å². The van der Waals surface area contributed by atoms with E-state index in [1.54, 1.807) is 25.3 Å². The van der Waals surface area contributed by atoms with Gasteiger partial charge in [-0.15, -0.1) is 0 Å². The van der Waals surface area contributed by atoms with E-state index >= 15 is 0 Å². The van der Waals surface area contributed by atoms with Gasteiger partial charge in [0.05, 0.1) is 23.6 Å². The number of nitrogens with zero attached hydrogens (tertiary/aromatic N) is 3. The van der Waals surface area contributed by atoms with Gasteiger partial charge >= 0.3 is 5.97 Å². The molecule has 0 amide bonds. The molecule has 98 valence electrons. The fourth-order valence-electron chi connectivity index (χ4n) is 1.85. The van der Waals surface area contributed by atoms with Crippen LogP contribution in [0.25, 0.3) is 0 Å². The predicted octanol–water partition coefficient (Wildman–Crippen LogP) is 1.80. The zero-order valence-electron chi connectivity index (χ0n) is 10.7. The maximum absolute atomic E-state index is 11.3. The monoisotopic (exact) mass is 258 g/mol. The summed E-state index contributed by atoms with van der Waals surface area (Å²) in [5, 5.41) is 20.0. The average molecular weight is 258 g/mol. The summed E-state index contributed by atoms with van der Waals surface area (Å²) in [7, 11) is 0. The molecule has 0 saturated carbocycles. The Bertz CT molecular complexity index is 599. The highest BCUT2D eigenvalue weighted by Crippen LogP contribution is 2.20. The second-order valence-corrected chi connectivity index (χ2v) is 4.15. The number of carbonyl (C=O) groups is 1. The number of carboxylic acid groups (broad SMARTS) is 1. The number of rotatable bonds is 4. The molecule has 0 atom stereocenters. The van der Waals surface area contributed by atoms with Crippen LogP contribution in [0.15, 0.2) is 24.4 Å². The summed E-state index contributed by atoms with van der Waals surface area (Å²) in [6.07, 6.45) is 1.59. The highest BCUT2D eigenvalue weighted by Gasteiger charge is 2.15. The number of hydrogen-bond donors (Lipinski definition) is 2. The molecule has 2 N–H and O–H groups in total. The number of aryl methyl sites for hydroxylation is 2. The van der Waals surface area contributed by atoms with Crippen molar-refractivity contribution in [3.63, 3.8) is 0 Å². The first kappa shape index (κ1) is 12.9. The quantitative estimate of drug-likeness (QED) is 0.869. The molecular formula is C13H14N4O2. The van der Waals surface area contributed by atoms with Crippen molar-refractivity contribution in [1.82, 2.24) is 15.2 Å². The topological polar surface area (TPSA) is 88.0 Å². The van der Waals surface area contributed by atoms with E-state index in [4.69, 9.17) is 0 Å². The van der Waals surface area contributed by atoms with E-state index in [2.05, 4.69) is 20.5 Å². The molecule has 0 fully saturated rings. The lowest BCUT2D eigenvalue weighted by atomic mass is 10.1. The summed E-state index contributed by atoms with van der Waals surface area (Å²) in [6.45, 7) is 3.92. The Morgan fingerprint density at radius 3 is 2.84 bits per heavy atom. The van der Waals surface area contributed by atoms with Gasteiger partial charge in [-0.2, -0.15) is 10.2 Å². The van der Waals surface area contributed by atoms with E-state index in [0.29, 0.717) is 17.9 Å². The molecule has 0 radical (unpaired) electrons. The average Bonchev–Trinajstić information content (AvgIpc) is 2.36. The highest BCUT2D eigenvalue weighted by molar-refractivity contribution is 5.95. The number of anilines is 1.